The molecular weight excluding hydrogens is 388 g/mol. The molecule has 7 nitrogen and oxygen atoms in total. The van der Waals surface area contributed by atoms with Gasteiger partial charge in [-0.25, -0.2) is 12.7 Å². The smallest absolute Gasteiger partial charge is 0.244 e. The van der Waals surface area contributed by atoms with E-state index in [4.69, 9.17) is 11.6 Å². The van der Waals surface area contributed by atoms with Gasteiger partial charge in [0.1, 0.15) is 4.90 Å². The molecule has 2 rings (SSSR count). The maximum Gasteiger partial charge on any atom is 0.244 e. The van der Waals surface area contributed by atoms with Crippen LogP contribution in [0.15, 0.2) is 23.1 Å². The van der Waals surface area contributed by atoms with Crippen molar-refractivity contribution in [1.82, 2.24) is 14.1 Å². The standard InChI is InChI=1S/C18H29ClN4O3S/c1-13(2)16-11-22(5)8-9-23(16)12-18(24)20-14-6-7-15(19)17(10-14)27(25,26)21(3)4/h6-7,10,13,16H,8-9,11-12H2,1-5H3,(H,20,24). The van der Waals surface area contributed by atoms with E-state index in [2.05, 4.69) is 36.0 Å². The van der Waals surface area contributed by atoms with Gasteiger partial charge in [0.15, 0.2) is 0 Å². The number of hydrogen-bond donors (Lipinski definition) is 1. The van der Waals surface area contributed by atoms with Gasteiger partial charge in [0.05, 0.1) is 11.6 Å². The second-order valence-electron chi connectivity index (χ2n) is 7.52. The summed E-state index contributed by atoms with van der Waals surface area (Å²) in [5, 5.41) is 2.93. The summed E-state index contributed by atoms with van der Waals surface area (Å²) < 4.78 is 25.8. The van der Waals surface area contributed by atoms with Gasteiger partial charge in [0.25, 0.3) is 0 Å². The average Bonchev–Trinajstić information content (AvgIpc) is 2.57. The van der Waals surface area contributed by atoms with Gasteiger partial charge < -0.3 is 10.2 Å². The Hall–Kier alpha value is -1.19. The molecule has 1 saturated heterocycles. The van der Waals surface area contributed by atoms with Crippen LogP contribution in [0.5, 0.6) is 0 Å². The molecule has 1 aliphatic heterocycles. The van der Waals surface area contributed by atoms with Crippen molar-refractivity contribution in [3.8, 4) is 0 Å². The fourth-order valence-electron chi connectivity index (χ4n) is 3.18. The molecule has 1 aromatic carbocycles. The monoisotopic (exact) mass is 416 g/mol. The van der Waals surface area contributed by atoms with Gasteiger partial charge >= 0.3 is 0 Å². The average molecular weight is 417 g/mol. The van der Waals surface area contributed by atoms with Crippen LogP contribution in [0, 0.1) is 5.92 Å². The van der Waals surface area contributed by atoms with Gasteiger partial charge in [-0.3, -0.25) is 9.69 Å². The Balaban J connectivity index is 2.12. The number of carbonyl (C=O) groups excluding carboxylic acids is 1. The normalized spacial score (nSPS) is 19.6. The van der Waals surface area contributed by atoms with Gasteiger partial charge in [-0.1, -0.05) is 25.4 Å². The summed E-state index contributed by atoms with van der Waals surface area (Å²) in [6.07, 6.45) is 0. The molecule has 1 heterocycles. The van der Waals surface area contributed by atoms with E-state index in [0.717, 1.165) is 23.9 Å². The van der Waals surface area contributed by atoms with E-state index in [0.29, 0.717) is 17.6 Å². The molecule has 0 aromatic heterocycles. The summed E-state index contributed by atoms with van der Waals surface area (Å²) in [5.74, 6) is 0.272. The van der Waals surface area contributed by atoms with E-state index in [1.807, 2.05) is 0 Å². The summed E-state index contributed by atoms with van der Waals surface area (Å²) in [6, 6.07) is 4.81. The summed E-state index contributed by atoms with van der Waals surface area (Å²) in [7, 11) is 1.29. The third-order valence-electron chi connectivity index (χ3n) is 4.83. The minimum atomic E-state index is -3.69. The fourth-order valence-corrected chi connectivity index (χ4v) is 4.57. The molecule has 0 spiro atoms. The Labute approximate surface area is 167 Å². The largest absolute Gasteiger partial charge is 0.325 e. The van der Waals surface area contributed by atoms with E-state index < -0.39 is 10.0 Å². The zero-order valence-corrected chi connectivity index (χ0v) is 18.1. The molecule has 0 bridgehead atoms. The Morgan fingerprint density at radius 1 is 1.33 bits per heavy atom. The van der Waals surface area contributed by atoms with Crippen LogP contribution in [0.2, 0.25) is 5.02 Å². The lowest BCUT2D eigenvalue weighted by Gasteiger charge is -2.41. The highest BCUT2D eigenvalue weighted by atomic mass is 35.5. The van der Waals surface area contributed by atoms with Crippen molar-refractivity contribution in [2.75, 3.05) is 52.6 Å². The molecule has 0 saturated carbocycles. The van der Waals surface area contributed by atoms with Crippen molar-refractivity contribution >= 4 is 33.2 Å². The number of amides is 1. The molecule has 1 aliphatic rings. The van der Waals surface area contributed by atoms with Gasteiger partial charge in [-0.05, 0) is 31.2 Å². The first-order valence-electron chi connectivity index (χ1n) is 8.97. The Morgan fingerprint density at radius 3 is 2.59 bits per heavy atom. The van der Waals surface area contributed by atoms with Crippen LogP contribution < -0.4 is 5.32 Å². The van der Waals surface area contributed by atoms with Crippen molar-refractivity contribution in [1.29, 1.82) is 0 Å². The molecule has 1 atom stereocenters. The predicted octanol–water partition coefficient (Wildman–Crippen LogP) is 1.80. The lowest BCUT2D eigenvalue weighted by molar-refractivity contribution is -0.118. The lowest BCUT2D eigenvalue weighted by atomic mass is 10.00. The second-order valence-corrected chi connectivity index (χ2v) is 10.1. The molecule has 1 unspecified atom stereocenters. The van der Waals surface area contributed by atoms with Crippen LogP contribution in [0.4, 0.5) is 5.69 Å². The van der Waals surface area contributed by atoms with Crippen LogP contribution in [0.3, 0.4) is 0 Å². The third kappa shape index (κ3) is 5.42. The zero-order chi connectivity index (χ0) is 20.4. The Bertz CT molecular complexity index is 783. The van der Waals surface area contributed by atoms with E-state index >= 15 is 0 Å². The van der Waals surface area contributed by atoms with Crippen LogP contribution in [0.1, 0.15) is 13.8 Å². The summed E-state index contributed by atoms with van der Waals surface area (Å²) >= 11 is 6.05. The number of anilines is 1. The van der Waals surface area contributed by atoms with Gasteiger partial charge in [-0.15, -0.1) is 0 Å². The number of piperazine rings is 1. The number of rotatable bonds is 6. The highest BCUT2D eigenvalue weighted by molar-refractivity contribution is 7.89. The second kappa shape index (κ2) is 8.87. The van der Waals surface area contributed by atoms with Crippen molar-refractivity contribution in [3.05, 3.63) is 23.2 Å². The quantitative estimate of drug-likeness (QED) is 0.765. The lowest BCUT2D eigenvalue weighted by Crippen LogP contribution is -2.55. The first-order chi connectivity index (χ1) is 12.5. The summed E-state index contributed by atoms with van der Waals surface area (Å²) in [5.41, 5.74) is 0.417. The minimum Gasteiger partial charge on any atom is -0.325 e. The van der Waals surface area contributed by atoms with Crippen molar-refractivity contribution in [2.24, 2.45) is 5.92 Å². The molecule has 27 heavy (non-hydrogen) atoms. The number of carbonyl (C=O) groups is 1. The zero-order valence-electron chi connectivity index (χ0n) is 16.6. The van der Waals surface area contributed by atoms with Crippen LogP contribution >= 0.6 is 11.6 Å². The Kier molecular flexibility index (Phi) is 7.27. The van der Waals surface area contributed by atoms with Crippen molar-refractivity contribution < 1.29 is 13.2 Å². The van der Waals surface area contributed by atoms with E-state index in [-0.39, 0.29) is 22.4 Å². The van der Waals surface area contributed by atoms with Crippen LogP contribution in [-0.4, -0.2) is 81.8 Å². The molecular formula is C18H29ClN4O3S. The molecule has 152 valence electrons. The minimum absolute atomic E-state index is 0.0216. The predicted molar refractivity (Wildman–Crippen MR) is 109 cm³/mol. The summed E-state index contributed by atoms with van der Waals surface area (Å²) in [4.78, 5) is 17.0. The van der Waals surface area contributed by atoms with Crippen molar-refractivity contribution in [2.45, 2.75) is 24.8 Å². The molecule has 9 heteroatoms. The number of benzene rings is 1. The molecule has 0 aliphatic carbocycles. The third-order valence-corrected chi connectivity index (χ3v) is 7.12. The highest BCUT2D eigenvalue weighted by Gasteiger charge is 2.29. The number of likely N-dealkylation sites (N-methyl/N-ethyl adjacent to an activating group) is 1. The maximum absolute atomic E-state index is 12.6. The number of sulfonamides is 1. The SMILES string of the molecule is CC(C)C1CN(C)CCN1CC(=O)Nc1ccc(Cl)c(S(=O)(=O)N(C)C)c1. The number of halogens is 1. The first-order valence-corrected chi connectivity index (χ1v) is 10.8. The van der Waals surface area contributed by atoms with Gasteiger partial charge in [0, 0.05) is 45.5 Å². The molecule has 0 radical (unpaired) electrons. The number of nitrogens with zero attached hydrogens (tertiary/aromatic N) is 3. The van der Waals surface area contributed by atoms with E-state index in [1.54, 1.807) is 6.07 Å². The molecule has 1 aromatic rings. The summed E-state index contributed by atoms with van der Waals surface area (Å²) in [6.45, 7) is 7.27. The maximum atomic E-state index is 12.6. The first kappa shape index (κ1) is 22.1. The van der Waals surface area contributed by atoms with Crippen LogP contribution in [-0.2, 0) is 14.8 Å². The molecule has 1 amide bonds. The van der Waals surface area contributed by atoms with E-state index in [1.165, 1.54) is 26.2 Å². The highest BCUT2D eigenvalue weighted by Crippen LogP contribution is 2.27. The topological polar surface area (TPSA) is 73.0 Å². The van der Waals surface area contributed by atoms with Crippen LogP contribution in [0.25, 0.3) is 0 Å². The number of hydrogen-bond acceptors (Lipinski definition) is 5. The van der Waals surface area contributed by atoms with Gasteiger partial charge in [-0.2, -0.15) is 0 Å². The van der Waals surface area contributed by atoms with E-state index in [9.17, 15) is 13.2 Å². The molecule has 1 fully saturated rings. The fraction of sp³-hybridized carbons (Fsp3) is 0.611. The number of nitrogens with one attached hydrogen (secondary N) is 1. The van der Waals surface area contributed by atoms with Gasteiger partial charge in [0.2, 0.25) is 15.9 Å². The van der Waals surface area contributed by atoms with Crippen molar-refractivity contribution in [3.63, 3.8) is 0 Å². The Morgan fingerprint density at radius 2 is 2.00 bits per heavy atom. The molecule has 1 N–H and O–H groups in total.